The maximum atomic E-state index is 11.0. The molecule has 4 heteroatoms. The van der Waals surface area contributed by atoms with Gasteiger partial charge in [0.05, 0.1) is 6.07 Å². The molecule has 0 fully saturated rings. The zero-order valence-corrected chi connectivity index (χ0v) is 3.44. The Balaban J connectivity index is 0. The summed E-state index contributed by atoms with van der Waals surface area (Å²) in [6.07, 6.45) is -1.22. The van der Waals surface area contributed by atoms with Gasteiger partial charge in [0, 0.05) is 6.08 Å². The number of alkyl halides is 2. The van der Waals surface area contributed by atoms with Crippen LogP contribution in [0.25, 0.3) is 0 Å². The zero-order chi connectivity index (χ0) is 5.70. The second-order valence-electron chi connectivity index (χ2n) is 0.823. The zero-order valence-electron chi connectivity index (χ0n) is 3.44. The summed E-state index contributed by atoms with van der Waals surface area (Å²) in [6, 6.07) is 1.44. The molecule has 0 atom stereocenters. The molecule has 0 aliphatic rings. The Morgan fingerprint density at radius 1 is 1.50 bits per heavy atom. The Kier molecular flexibility index (Phi) is 9.72. The average Bonchev–Trinajstić information content (AvgIpc) is 1.61. The Labute approximate surface area is 68.3 Å². The van der Waals surface area contributed by atoms with E-state index in [0.717, 1.165) is 6.08 Å². The third kappa shape index (κ3) is 9.43. The standard InChI is InChI=1S/C4H3F2N.Na.H/c5-4(6)2-1-3-7;;/h1-2,4H;;. The summed E-state index contributed by atoms with van der Waals surface area (Å²) in [5.41, 5.74) is 0. The molecule has 1 nitrogen and oxygen atoms in total. The second-order valence-corrected chi connectivity index (χ2v) is 0.823. The van der Waals surface area contributed by atoms with E-state index >= 15 is 0 Å². The van der Waals surface area contributed by atoms with E-state index in [2.05, 4.69) is 0 Å². The molecule has 0 heterocycles. The van der Waals surface area contributed by atoms with E-state index < -0.39 is 6.43 Å². The van der Waals surface area contributed by atoms with Crippen molar-refractivity contribution in [2.45, 2.75) is 6.43 Å². The van der Waals surface area contributed by atoms with Crippen LogP contribution in [0.2, 0.25) is 0 Å². The van der Waals surface area contributed by atoms with Gasteiger partial charge >= 0.3 is 29.6 Å². The van der Waals surface area contributed by atoms with E-state index in [0.29, 0.717) is 6.08 Å². The van der Waals surface area contributed by atoms with Crippen LogP contribution >= 0.6 is 0 Å². The van der Waals surface area contributed by atoms with Gasteiger partial charge in [0.25, 0.3) is 6.43 Å². The quantitative estimate of drug-likeness (QED) is 0.375. The van der Waals surface area contributed by atoms with Crippen molar-refractivity contribution < 1.29 is 8.78 Å². The number of nitrogens with zero attached hydrogens (tertiary/aromatic N) is 1. The summed E-state index contributed by atoms with van der Waals surface area (Å²) in [5.74, 6) is 0. The van der Waals surface area contributed by atoms with Crippen molar-refractivity contribution in [2.24, 2.45) is 0 Å². The molecule has 0 unspecified atom stereocenters. The van der Waals surface area contributed by atoms with Crippen LogP contribution in [0.1, 0.15) is 0 Å². The third-order valence-corrected chi connectivity index (χ3v) is 0.316. The van der Waals surface area contributed by atoms with Crippen LogP contribution in [0.5, 0.6) is 0 Å². The van der Waals surface area contributed by atoms with E-state index in [-0.39, 0.29) is 29.6 Å². The number of allylic oxidation sites excluding steroid dienone is 2. The van der Waals surface area contributed by atoms with E-state index in [1.807, 2.05) is 0 Å². The summed E-state index contributed by atoms with van der Waals surface area (Å²) in [4.78, 5) is 0. The predicted molar refractivity (Wildman–Crippen MR) is 27.9 cm³/mol. The van der Waals surface area contributed by atoms with Crippen LogP contribution in [0, 0.1) is 11.3 Å². The molecule has 0 aromatic carbocycles. The predicted octanol–water partition coefficient (Wildman–Crippen LogP) is 0.683. The summed E-state index contributed by atoms with van der Waals surface area (Å²) in [6.45, 7) is 0. The molecule has 0 amide bonds. The van der Waals surface area contributed by atoms with E-state index in [1.54, 1.807) is 0 Å². The topological polar surface area (TPSA) is 23.8 Å². The monoisotopic (exact) mass is 127 g/mol. The van der Waals surface area contributed by atoms with Crippen LogP contribution in [-0.2, 0) is 0 Å². The van der Waals surface area contributed by atoms with Gasteiger partial charge in [-0.3, -0.25) is 0 Å². The van der Waals surface area contributed by atoms with E-state index in [9.17, 15) is 8.78 Å². The molecular weight excluding hydrogens is 123 g/mol. The maximum absolute atomic E-state index is 11.0. The first-order valence-electron chi connectivity index (χ1n) is 1.62. The van der Waals surface area contributed by atoms with Crippen molar-refractivity contribution in [3.8, 4) is 6.07 Å². The summed E-state index contributed by atoms with van der Waals surface area (Å²) < 4.78 is 22.0. The number of hydrogen-bond acceptors (Lipinski definition) is 1. The molecule has 0 aromatic rings. The van der Waals surface area contributed by atoms with Gasteiger partial charge in [0.2, 0.25) is 0 Å². The summed E-state index contributed by atoms with van der Waals surface area (Å²) in [5, 5.41) is 7.64. The Hall–Kier alpha value is 0.0900. The van der Waals surface area contributed by atoms with Crippen molar-refractivity contribution >= 4 is 29.6 Å². The second kappa shape index (κ2) is 7.09. The first-order chi connectivity index (χ1) is 3.27. The number of halogens is 2. The molecule has 8 heavy (non-hydrogen) atoms. The van der Waals surface area contributed by atoms with Crippen LogP contribution in [0.3, 0.4) is 0 Å². The van der Waals surface area contributed by atoms with Crippen molar-refractivity contribution in [3.05, 3.63) is 12.2 Å². The van der Waals surface area contributed by atoms with Crippen molar-refractivity contribution in [2.75, 3.05) is 0 Å². The fraction of sp³-hybridized carbons (Fsp3) is 0.250. The van der Waals surface area contributed by atoms with Crippen molar-refractivity contribution in [1.82, 2.24) is 0 Å². The van der Waals surface area contributed by atoms with Gasteiger partial charge in [-0.1, -0.05) is 0 Å². The molecule has 0 saturated carbocycles. The molecule has 0 aromatic heterocycles. The fourth-order valence-electron chi connectivity index (χ4n) is 0.116. The molecule has 0 rings (SSSR count). The van der Waals surface area contributed by atoms with Gasteiger partial charge in [-0.15, -0.1) is 0 Å². The van der Waals surface area contributed by atoms with E-state index in [4.69, 9.17) is 5.26 Å². The average molecular weight is 127 g/mol. The molecule has 0 spiro atoms. The molecule has 40 valence electrons. The molecule has 0 aliphatic heterocycles. The van der Waals surface area contributed by atoms with E-state index in [1.165, 1.54) is 6.07 Å². The fourth-order valence-corrected chi connectivity index (χ4v) is 0.116. The summed E-state index contributed by atoms with van der Waals surface area (Å²) in [7, 11) is 0. The van der Waals surface area contributed by atoms with Crippen LogP contribution in [0.4, 0.5) is 8.78 Å². The van der Waals surface area contributed by atoms with Crippen molar-refractivity contribution in [1.29, 1.82) is 5.26 Å². The SMILES string of the molecule is N#CC=CC(F)F.[NaH]. The first-order valence-corrected chi connectivity index (χ1v) is 1.62. The van der Waals surface area contributed by atoms with Gasteiger partial charge in [0.1, 0.15) is 0 Å². The Bertz CT molecular complexity index is 105. The summed E-state index contributed by atoms with van der Waals surface area (Å²) >= 11 is 0. The molecular formula is C4H4F2NNa. The molecule has 0 radical (unpaired) electrons. The van der Waals surface area contributed by atoms with Crippen molar-refractivity contribution in [3.63, 3.8) is 0 Å². The number of hydrogen-bond donors (Lipinski definition) is 0. The van der Waals surface area contributed by atoms with Gasteiger partial charge in [-0.05, 0) is 6.08 Å². The minimum absolute atomic E-state index is 0. The third-order valence-electron chi connectivity index (χ3n) is 0.316. The van der Waals surface area contributed by atoms with Gasteiger partial charge in [0.15, 0.2) is 0 Å². The normalized spacial score (nSPS) is 8.75. The molecule has 0 bridgehead atoms. The Morgan fingerprint density at radius 3 is 2.12 bits per heavy atom. The first kappa shape index (κ1) is 11.0. The Morgan fingerprint density at radius 2 is 2.00 bits per heavy atom. The van der Waals surface area contributed by atoms with Gasteiger partial charge in [-0.2, -0.15) is 5.26 Å². The van der Waals surface area contributed by atoms with Gasteiger partial charge < -0.3 is 0 Å². The number of nitriles is 1. The molecule has 0 saturated heterocycles. The van der Waals surface area contributed by atoms with Crippen LogP contribution in [-0.4, -0.2) is 36.0 Å². The molecule has 0 aliphatic carbocycles. The number of rotatable bonds is 1. The van der Waals surface area contributed by atoms with Crippen LogP contribution in [0.15, 0.2) is 12.2 Å². The minimum atomic E-state index is -2.50. The molecule has 0 N–H and O–H groups in total. The van der Waals surface area contributed by atoms with Crippen LogP contribution < -0.4 is 0 Å². The van der Waals surface area contributed by atoms with Gasteiger partial charge in [-0.25, -0.2) is 8.78 Å².